The van der Waals surface area contributed by atoms with E-state index in [4.69, 9.17) is 9.47 Å². The molecular formula is C22H25N3O4. The second kappa shape index (κ2) is 8.03. The van der Waals surface area contributed by atoms with E-state index in [0.29, 0.717) is 18.0 Å². The maximum atomic E-state index is 12.7. The van der Waals surface area contributed by atoms with Gasteiger partial charge in [-0.3, -0.25) is 9.59 Å². The van der Waals surface area contributed by atoms with Gasteiger partial charge in [-0.25, -0.2) is 0 Å². The van der Waals surface area contributed by atoms with Gasteiger partial charge in [-0.2, -0.15) is 0 Å². The lowest BCUT2D eigenvalue weighted by molar-refractivity contribution is -0.122. The molecule has 1 saturated heterocycles. The van der Waals surface area contributed by atoms with Crippen molar-refractivity contribution in [1.82, 2.24) is 0 Å². The summed E-state index contributed by atoms with van der Waals surface area (Å²) in [4.78, 5) is 29.1. The summed E-state index contributed by atoms with van der Waals surface area (Å²) < 4.78 is 10.7. The lowest BCUT2D eigenvalue weighted by Gasteiger charge is -2.21. The summed E-state index contributed by atoms with van der Waals surface area (Å²) in [5.41, 5.74) is 2.58. The maximum absolute atomic E-state index is 12.7. The predicted molar refractivity (Wildman–Crippen MR) is 112 cm³/mol. The Labute approximate surface area is 170 Å². The van der Waals surface area contributed by atoms with Crippen LogP contribution < -0.4 is 24.6 Å². The van der Waals surface area contributed by atoms with Crippen molar-refractivity contribution >= 4 is 28.9 Å². The van der Waals surface area contributed by atoms with E-state index < -0.39 is 5.92 Å². The number of hydrogen-bond acceptors (Lipinski definition) is 5. The first kappa shape index (κ1) is 19.1. The molecule has 152 valence electrons. The van der Waals surface area contributed by atoms with Crippen molar-refractivity contribution in [2.45, 2.75) is 20.3 Å². The normalized spacial score (nSPS) is 17.5. The van der Waals surface area contributed by atoms with Gasteiger partial charge in [0.2, 0.25) is 18.6 Å². The molecule has 0 spiro atoms. The van der Waals surface area contributed by atoms with E-state index in [1.165, 1.54) is 0 Å². The Morgan fingerprint density at radius 2 is 1.83 bits per heavy atom. The molecule has 1 unspecified atom stereocenters. The Kier molecular flexibility index (Phi) is 5.29. The molecule has 7 heteroatoms. The third kappa shape index (κ3) is 3.85. The zero-order valence-electron chi connectivity index (χ0n) is 16.7. The molecule has 4 rings (SSSR count). The fraction of sp³-hybridized carbons (Fsp3) is 0.364. The molecule has 2 aliphatic rings. The van der Waals surface area contributed by atoms with Crippen molar-refractivity contribution in [2.75, 3.05) is 41.5 Å². The molecule has 2 aliphatic heterocycles. The SMILES string of the molecule is CCN(CC)c1ccc(NC(=O)C2CC(=O)N(c3ccc4c(c3)OCO4)C2)cc1. The van der Waals surface area contributed by atoms with Crippen LogP contribution in [0.4, 0.5) is 17.1 Å². The zero-order chi connectivity index (χ0) is 20.4. The molecule has 1 N–H and O–H groups in total. The minimum Gasteiger partial charge on any atom is -0.454 e. The second-order valence-electron chi connectivity index (χ2n) is 7.15. The Balaban J connectivity index is 1.40. The van der Waals surface area contributed by atoms with E-state index in [2.05, 4.69) is 24.1 Å². The topological polar surface area (TPSA) is 71.1 Å². The van der Waals surface area contributed by atoms with Gasteiger partial charge in [0.25, 0.3) is 0 Å². The van der Waals surface area contributed by atoms with Gasteiger partial charge in [-0.15, -0.1) is 0 Å². The fourth-order valence-electron chi connectivity index (χ4n) is 3.77. The first-order valence-electron chi connectivity index (χ1n) is 9.95. The molecule has 1 fully saturated rings. The first-order valence-corrected chi connectivity index (χ1v) is 9.95. The fourth-order valence-corrected chi connectivity index (χ4v) is 3.77. The second-order valence-corrected chi connectivity index (χ2v) is 7.15. The van der Waals surface area contributed by atoms with Crippen LogP contribution in [-0.2, 0) is 9.59 Å². The quantitative estimate of drug-likeness (QED) is 0.813. The van der Waals surface area contributed by atoms with E-state index in [1.54, 1.807) is 17.0 Å². The molecule has 0 aliphatic carbocycles. The van der Waals surface area contributed by atoms with Gasteiger partial charge in [0.15, 0.2) is 11.5 Å². The zero-order valence-corrected chi connectivity index (χ0v) is 16.7. The number of carbonyl (C=O) groups is 2. The average Bonchev–Trinajstić information content (AvgIpc) is 3.36. The van der Waals surface area contributed by atoms with E-state index in [0.717, 1.165) is 30.2 Å². The summed E-state index contributed by atoms with van der Waals surface area (Å²) in [6.07, 6.45) is 0.192. The van der Waals surface area contributed by atoms with Crippen molar-refractivity contribution in [3.8, 4) is 11.5 Å². The number of hydrogen-bond donors (Lipinski definition) is 1. The van der Waals surface area contributed by atoms with Gasteiger partial charge in [-0.1, -0.05) is 0 Å². The molecular weight excluding hydrogens is 370 g/mol. The molecule has 0 bridgehead atoms. The lowest BCUT2D eigenvalue weighted by Crippen LogP contribution is -2.28. The highest BCUT2D eigenvalue weighted by atomic mass is 16.7. The van der Waals surface area contributed by atoms with Crippen LogP contribution >= 0.6 is 0 Å². The Morgan fingerprint density at radius 3 is 2.55 bits per heavy atom. The molecule has 2 amide bonds. The monoisotopic (exact) mass is 395 g/mol. The number of carbonyl (C=O) groups excluding carboxylic acids is 2. The smallest absolute Gasteiger partial charge is 0.231 e. The Bertz CT molecular complexity index is 909. The number of nitrogens with one attached hydrogen (secondary N) is 1. The summed E-state index contributed by atoms with van der Waals surface area (Å²) in [6.45, 7) is 6.63. The van der Waals surface area contributed by atoms with Gasteiger partial charge in [0, 0.05) is 49.2 Å². The number of nitrogens with zero attached hydrogens (tertiary/aromatic N) is 2. The summed E-state index contributed by atoms with van der Waals surface area (Å²) in [6, 6.07) is 13.2. The Morgan fingerprint density at radius 1 is 1.10 bits per heavy atom. The molecule has 0 aromatic heterocycles. The summed E-state index contributed by atoms with van der Waals surface area (Å²) >= 11 is 0. The third-order valence-electron chi connectivity index (χ3n) is 5.43. The minimum absolute atomic E-state index is 0.0686. The largest absolute Gasteiger partial charge is 0.454 e. The van der Waals surface area contributed by atoms with Crippen molar-refractivity contribution in [3.63, 3.8) is 0 Å². The standard InChI is InChI=1S/C22H25N3O4/c1-3-24(4-2)17-7-5-16(6-8-17)23-22(27)15-11-21(26)25(13-15)18-9-10-19-20(12-18)29-14-28-19/h5-10,12,15H,3-4,11,13-14H2,1-2H3,(H,23,27). The van der Waals surface area contributed by atoms with E-state index in [-0.39, 0.29) is 25.0 Å². The van der Waals surface area contributed by atoms with Crippen molar-refractivity contribution in [1.29, 1.82) is 0 Å². The van der Waals surface area contributed by atoms with Gasteiger partial charge in [0.05, 0.1) is 5.92 Å². The Hall–Kier alpha value is -3.22. The summed E-state index contributed by atoms with van der Waals surface area (Å²) in [5.74, 6) is 0.688. The maximum Gasteiger partial charge on any atom is 0.231 e. The van der Waals surface area contributed by atoms with Crippen LogP contribution in [0, 0.1) is 5.92 Å². The highest BCUT2D eigenvalue weighted by molar-refractivity contribution is 6.03. The molecule has 2 heterocycles. The van der Waals surface area contributed by atoms with Crippen molar-refractivity contribution < 1.29 is 19.1 Å². The van der Waals surface area contributed by atoms with E-state index >= 15 is 0 Å². The molecule has 0 saturated carbocycles. The predicted octanol–water partition coefficient (Wildman–Crippen LogP) is 3.25. The average molecular weight is 395 g/mol. The number of benzene rings is 2. The van der Waals surface area contributed by atoms with Gasteiger partial charge < -0.3 is 24.6 Å². The van der Waals surface area contributed by atoms with Crippen LogP contribution in [0.5, 0.6) is 11.5 Å². The van der Waals surface area contributed by atoms with Crippen molar-refractivity contribution in [2.24, 2.45) is 5.92 Å². The van der Waals surface area contributed by atoms with Crippen LogP contribution in [0.2, 0.25) is 0 Å². The van der Waals surface area contributed by atoms with Gasteiger partial charge >= 0.3 is 0 Å². The van der Waals surface area contributed by atoms with Gasteiger partial charge in [-0.05, 0) is 50.2 Å². The molecule has 2 aromatic carbocycles. The third-order valence-corrected chi connectivity index (χ3v) is 5.43. The van der Waals surface area contributed by atoms with Crippen LogP contribution in [0.25, 0.3) is 0 Å². The summed E-state index contributed by atoms with van der Waals surface area (Å²) in [7, 11) is 0. The van der Waals surface area contributed by atoms with E-state index in [9.17, 15) is 9.59 Å². The van der Waals surface area contributed by atoms with Crippen LogP contribution in [-0.4, -0.2) is 38.2 Å². The molecule has 7 nitrogen and oxygen atoms in total. The molecule has 29 heavy (non-hydrogen) atoms. The molecule has 1 atom stereocenters. The highest BCUT2D eigenvalue weighted by Gasteiger charge is 2.35. The molecule has 0 radical (unpaired) electrons. The summed E-state index contributed by atoms with van der Waals surface area (Å²) in [5, 5.41) is 2.94. The molecule has 2 aromatic rings. The number of amides is 2. The van der Waals surface area contributed by atoms with Gasteiger partial charge in [0.1, 0.15) is 0 Å². The minimum atomic E-state index is -0.393. The van der Waals surface area contributed by atoms with Crippen LogP contribution in [0.1, 0.15) is 20.3 Å². The van der Waals surface area contributed by atoms with Crippen LogP contribution in [0.15, 0.2) is 42.5 Å². The number of rotatable bonds is 6. The van der Waals surface area contributed by atoms with Crippen LogP contribution in [0.3, 0.4) is 0 Å². The lowest BCUT2D eigenvalue weighted by atomic mass is 10.1. The number of anilines is 3. The van der Waals surface area contributed by atoms with Crippen molar-refractivity contribution in [3.05, 3.63) is 42.5 Å². The van der Waals surface area contributed by atoms with E-state index in [1.807, 2.05) is 30.3 Å². The highest BCUT2D eigenvalue weighted by Crippen LogP contribution is 2.37. The first-order chi connectivity index (χ1) is 14.1. The number of ether oxygens (including phenoxy) is 2. The number of fused-ring (bicyclic) bond motifs is 1.